The van der Waals surface area contributed by atoms with Crippen molar-refractivity contribution in [2.24, 2.45) is 10.3 Å². The second-order valence-corrected chi connectivity index (χ2v) is 7.59. The number of rotatable bonds is 5. The minimum atomic E-state index is -4.26. The summed E-state index contributed by atoms with van der Waals surface area (Å²) in [6.07, 6.45) is 6.42. The van der Waals surface area contributed by atoms with E-state index < -0.39 is 10.1 Å². The van der Waals surface area contributed by atoms with Crippen molar-refractivity contribution in [1.82, 2.24) is 9.66 Å². The van der Waals surface area contributed by atoms with Gasteiger partial charge in [0.05, 0.1) is 12.4 Å². The van der Waals surface area contributed by atoms with Crippen LogP contribution < -0.4 is 0 Å². The Morgan fingerprint density at radius 2 is 1.69 bits per heavy atom. The van der Waals surface area contributed by atoms with Crippen molar-refractivity contribution >= 4 is 22.5 Å². The molecule has 1 aromatic heterocycles. The van der Waals surface area contributed by atoms with Gasteiger partial charge in [0.2, 0.25) is 0 Å². The van der Waals surface area contributed by atoms with E-state index in [1.807, 2.05) is 47.4 Å². The average molecular weight is 414 g/mol. The summed E-state index contributed by atoms with van der Waals surface area (Å²) in [7, 11) is -4.26. The van der Waals surface area contributed by atoms with E-state index in [4.69, 9.17) is 9.76 Å². The van der Waals surface area contributed by atoms with Crippen LogP contribution in [-0.4, -0.2) is 40.3 Å². The molecule has 2 aromatic carbocycles. The second kappa shape index (κ2) is 10.3. The first kappa shape index (κ1) is 22.0. The van der Waals surface area contributed by atoms with Crippen LogP contribution in [0, 0.1) is 0 Å². The molecule has 0 unspecified atom stereocenters. The van der Waals surface area contributed by atoms with Crippen LogP contribution in [0.25, 0.3) is 0 Å². The van der Waals surface area contributed by atoms with Gasteiger partial charge in [-0.15, -0.1) is 0 Å². The van der Waals surface area contributed by atoms with Crippen LogP contribution in [0.15, 0.2) is 82.1 Å². The van der Waals surface area contributed by atoms with Gasteiger partial charge in [-0.2, -0.15) is 13.5 Å². The second-order valence-electron chi connectivity index (χ2n) is 6.20. The number of benzene rings is 2. The Balaban J connectivity index is 0.000000212. The van der Waals surface area contributed by atoms with Crippen molar-refractivity contribution in [2.45, 2.75) is 24.7 Å². The molecule has 3 rings (SSSR count). The molecule has 3 aromatic rings. The lowest BCUT2D eigenvalue weighted by atomic mass is 10.2. The summed E-state index contributed by atoms with van der Waals surface area (Å²) >= 11 is 0. The van der Waals surface area contributed by atoms with Crippen LogP contribution in [0.1, 0.15) is 36.7 Å². The summed E-state index contributed by atoms with van der Waals surface area (Å²) in [6, 6.07) is 15.7. The number of aromatic nitrogens is 2. The molecule has 0 fully saturated rings. The zero-order valence-corrected chi connectivity index (χ0v) is 16.8. The Bertz CT molecular complexity index is 1070. The smallest absolute Gasteiger partial charge is 0.295 e. The molecule has 0 spiro atoms. The molecule has 0 saturated carbocycles. The molecule has 152 valence electrons. The number of hydrogen-bond acceptors (Lipinski definition) is 6. The monoisotopic (exact) mass is 414 g/mol. The largest absolute Gasteiger partial charge is 0.411 e. The highest BCUT2D eigenvalue weighted by Crippen LogP contribution is 2.13. The Hall–Kier alpha value is -3.30. The highest BCUT2D eigenvalue weighted by atomic mass is 32.2. The molecule has 0 aliphatic heterocycles. The highest BCUT2D eigenvalue weighted by molar-refractivity contribution is 7.86. The van der Waals surface area contributed by atoms with Crippen molar-refractivity contribution in [2.75, 3.05) is 0 Å². The van der Waals surface area contributed by atoms with Gasteiger partial charge in [0, 0.05) is 23.9 Å². The molecule has 0 radical (unpaired) electrons. The standard InChI is InChI=1S/C13H15N3.C7H7NO4S/c1-11(2)13-14-8-9-16(13)15-10-12-6-4-3-5-7-12;9-8-5-6-3-1-2-4-7(6)13(10,11)12/h3-11H,1-2H3;1-5,9H,(H,10,11,12). The van der Waals surface area contributed by atoms with E-state index in [2.05, 4.69) is 29.1 Å². The van der Waals surface area contributed by atoms with E-state index in [0.29, 0.717) is 5.92 Å². The third-order valence-corrected chi connectivity index (χ3v) is 4.62. The number of imidazole rings is 1. The molecular formula is C20H22N4O4S. The molecule has 0 atom stereocenters. The number of nitrogens with zero attached hydrogens (tertiary/aromatic N) is 4. The molecule has 0 saturated heterocycles. The molecular weight excluding hydrogens is 392 g/mol. The van der Waals surface area contributed by atoms with Gasteiger partial charge in [-0.1, -0.05) is 67.5 Å². The fourth-order valence-corrected chi connectivity index (χ4v) is 3.04. The Morgan fingerprint density at radius 3 is 2.31 bits per heavy atom. The van der Waals surface area contributed by atoms with Gasteiger partial charge in [0.15, 0.2) is 0 Å². The van der Waals surface area contributed by atoms with Gasteiger partial charge < -0.3 is 5.21 Å². The Morgan fingerprint density at radius 1 is 1.03 bits per heavy atom. The third kappa shape index (κ3) is 6.66. The summed E-state index contributed by atoms with van der Waals surface area (Å²) in [6.45, 7) is 4.22. The lowest BCUT2D eigenvalue weighted by Gasteiger charge is -2.03. The van der Waals surface area contributed by atoms with Gasteiger partial charge in [0.1, 0.15) is 10.7 Å². The van der Waals surface area contributed by atoms with Gasteiger partial charge >= 0.3 is 0 Å². The molecule has 8 nitrogen and oxygen atoms in total. The summed E-state index contributed by atoms with van der Waals surface area (Å²) in [5.41, 5.74) is 1.22. The molecule has 29 heavy (non-hydrogen) atoms. The number of oxime groups is 1. The third-order valence-electron chi connectivity index (χ3n) is 3.69. The maximum absolute atomic E-state index is 10.7. The fourth-order valence-electron chi connectivity index (χ4n) is 2.37. The summed E-state index contributed by atoms with van der Waals surface area (Å²) in [5.74, 6) is 1.36. The highest BCUT2D eigenvalue weighted by Gasteiger charge is 2.12. The maximum Gasteiger partial charge on any atom is 0.295 e. The Labute approximate surface area is 169 Å². The van der Waals surface area contributed by atoms with Crippen LogP contribution in [0.5, 0.6) is 0 Å². The summed E-state index contributed by atoms with van der Waals surface area (Å²) < 4.78 is 32.0. The summed E-state index contributed by atoms with van der Waals surface area (Å²) in [4.78, 5) is 3.99. The van der Waals surface area contributed by atoms with E-state index in [0.717, 1.165) is 17.6 Å². The van der Waals surface area contributed by atoms with Crippen molar-refractivity contribution < 1.29 is 18.2 Å². The Kier molecular flexibility index (Phi) is 7.81. The van der Waals surface area contributed by atoms with Crippen LogP contribution in [0.4, 0.5) is 0 Å². The van der Waals surface area contributed by atoms with Gasteiger partial charge in [-0.3, -0.25) is 4.55 Å². The van der Waals surface area contributed by atoms with E-state index in [9.17, 15) is 8.42 Å². The zero-order chi connectivity index (χ0) is 21.3. The minimum Gasteiger partial charge on any atom is -0.411 e. The van der Waals surface area contributed by atoms with Gasteiger partial charge in [-0.25, -0.2) is 9.66 Å². The lowest BCUT2D eigenvalue weighted by molar-refractivity contribution is 0.321. The van der Waals surface area contributed by atoms with E-state index in [1.54, 1.807) is 12.3 Å². The van der Waals surface area contributed by atoms with Crippen molar-refractivity contribution in [3.63, 3.8) is 0 Å². The fraction of sp³-hybridized carbons (Fsp3) is 0.150. The molecule has 0 aliphatic rings. The van der Waals surface area contributed by atoms with Crippen molar-refractivity contribution in [3.05, 3.63) is 83.9 Å². The van der Waals surface area contributed by atoms with E-state index >= 15 is 0 Å². The SMILES string of the molecule is CC(C)c1nccn1N=Cc1ccccc1.O=S(=O)(O)c1ccccc1C=NO. The predicted octanol–water partition coefficient (Wildman–Crippen LogP) is 3.63. The van der Waals surface area contributed by atoms with Crippen LogP contribution >= 0.6 is 0 Å². The lowest BCUT2D eigenvalue weighted by Crippen LogP contribution is -2.02. The van der Waals surface area contributed by atoms with Crippen molar-refractivity contribution in [1.29, 1.82) is 0 Å². The van der Waals surface area contributed by atoms with Gasteiger partial charge in [0.25, 0.3) is 10.1 Å². The first-order valence-corrected chi connectivity index (χ1v) is 10.1. The molecule has 0 aliphatic carbocycles. The van der Waals surface area contributed by atoms with E-state index in [-0.39, 0.29) is 10.5 Å². The summed E-state index contributed by atoms with van der Waals surface area (Å²) in [5, 5.41) is 15.3. The average Bonchev–Trinajstić information content (AvgIpc) is 3.17. The molecule has 9 heteroatoms. The zero-order valence-electron chi connectivity index (χ0n) is 16.0. The molecule has 1 heterocycles. The molecule has 0 amide bonds. The van der Waals surface area contributed by atoms with E-state index in [1.165, 1.54) is 18.2 Å². The van der Waals surface area contributed by atoms with Crippen LogP contribution in [0.2, 0.25) is 0 Å². The quantitative estimate of drug-likeness (QED) is 0.286. The van der Waals surface area contributed by atoms with Crippen LogP contribution in [0.3, 0.4) is 0 Å². The first-order chi connectivity index (χ1) is 13.8. The molecule has 2 N–H and O–H groups in total. The first-order valence-electron chi connectivity index (χ1n) is 8.69. The molecule has 0 bridgehead atoms. The minimum absolute atomic E-state index is 0.132. The number of hydrogen-bond donors (Lipinski definition) is 2. The van der Waals surface area contributed by atoms with Gasteiger partial charge in [-0.05, 0) is 11.6 Å². The topological polar surface area (TPSA) is 117 Å². The predicted molar refractivity (Wildman–Crippen MR) is 111 cm³/mol. The maximum atomic E-state index is 10.7. The van der Waals surface area contributed by atoms with Crippen molar-refractivity contribution in [3.8, 4) is 0 Å². The van der Waals surface area contributed by atoms with Crippen LogP contribution in [-0.2, 0) is 10.1 Å². The normalized spacial score (nSPS) is 11.7.